The van der Waals surface area contributed by atoms with Crippen LogP contribution in [0, 0.1) is 20.8 Å². The van der Waals surface area contributed by atoms with Crippen molar-refractivity contribution in [3.63, 3.8) is 0 Å². The van der Waals surface area contributed by atoms with Gasteiger partial charge in [-0.05, 0) is 61.0 Å². The molecule has 0 fully saturated rings. The van der Waals surface area contributed by atoms with Crippen LogP contribution in [0.5, 0.6) is 0 Å². The number of hydrogen-bond donors (Lipinski definition) is 1. The molecule has 4 rings (SSSR count). The number of aryl methyl sites for hydroxylation is 3. The van der Waals surface area contributed by atoms with Gasteiger partial charge in [0.15, 0.2) is 10.8 Å². The molecule has 1 aromatic carbocycles. The Labute approximate surface area is 161 Å². The maximum atomic E-state index is 12.2. The summed E-state index contributed by atoms with van der Waals surface area (Å²) in [5.41, 5.74) is 5.40. The van der Waals surface area contributed by atoms with Crippen molar-refractivity contribution in [1.29, 1.82) is 0 Å². The third-order valence-corrected chi connectivity index (χ3v) is 5.62. The van der Waals surface area contributed by atoms with Crippen molar-refractivity contribution in [2.45, 2.75) is 32.5 Å². The van der Waals surface area contributed by atoms with E-state index >= 15 is 0 Å². The molecule has 4 aromatic rings. The Morgan fingerprint density at radius 3 is 2.81 bits per heavy atom. The van der Waals surface area contributed by atoms with Gasteiger partial charge in [-0.2, -0.15) is 0 Å². The normalized spacial score (nSPS) is 11.4. The molecule has 0 spiro atoms. The van der Waals surface area contributed by atoms with Crippen LogP contribution in [0.1, 0.15) is 22.5 Å². The highest BCUT2D eigenvalue weighted by Crippen LogP contribution is 2.28. The van der Waals surface area contributed by atoms with Crippen LogP contribution >= 0.6 is 11.8 Å². The molecule has 1 amide bonds. The maximum Gasteiger partial charge on any atom is 0.230 e. The van der Waals surface area contributed by atoms with Crippen LogP contribution in [0.15, 0.2) is 46.2 Å². The number of aromatic nitrogens is 3. The summed E-state index contributed by atoms with van der Waals surface area (Å²) in [6, 6.07) is 10.0. The summed E-state index contributed by atoms with van der Waals surface area (Å²) in [6.45, 7) is 6.62. The van der Waals surface area contributed by atoms with Gasteiger partial charge >= 0.3 is 0 Å². The maximum absolute atomic E-state index is 12.2. The quantitative estimate of drug-likeness (QED) is 0.533. The SMILES string of the molecule is Cc1ccc2cc(C)c3nnc(SCC(=O)NCc4ccco4)n3c2c1C. The Balaban J connectivity index is 1.62. The number of nitrogens with one attached hydrogen (secondary N) is 1. The van der Waals surface area contributed by atoms with E-state index in [4.69, 9.17) is 4.42 Å². The molecule has 0 saturated carbocycles. The molecule has 0 radical (unpaired) electrons. The number of fused-ring (bicyclic) bond motifs is 3. The highest BCUT2D eigenvalue weighted by molar-refractivity contribution is 7.99. The van der Waals surface area contributed by atoms with Crippen molar-refractivity contribution >= 4 is 34.2 Å². The highest BCUT2D eigenvalue weighted by Gasteiger charge is 2.15. The van der Waals surface area contributed by atoms with Gasteiger partial charge in [-0.3, -0.25) is 9.20 Å². The van der Waals surface area contributed by atoms with E-state index in [0.717, 1.165) is 33.0 Å². The van der Waals surface area contributed by atoms with E-state index in [1.807, 2.05) is 13.0 Å². The standard InChI is InChI=1S/C20H20N4O2S/c1-12-6-7-15-9-13(2)19-22-23-20(24(19)18(15)14(12)3)27-11-17(25)21-10-16-5-4-8-26-16/h4-9H,10-11H2,1-3H3,(H,21,25). The molecule has 0 unspecified atom stereocenters. The van der Waals surface area contributed by atoms with E-state index in [0.29, 0.717) is 6.54 Å². The molecule has 0 aliphatic rings. The van der Waals surface area contributed by atoms with Crippen LogP contribution < -0.4 is 5.32 Å². The van der Waals surface area contributed by atoms with Gasteiger partial charge in [0.05, 0.1) is 24.1 Å². The van der Waals surface area contributed by atoms with E-state index in [1.54, 1.807) is 12.3 Å². The number of furan rings is 1. The summed E-state index contributed by atoms with van der Waals surface area (Å²) >= 11 is 1.39. The molecule has 7 heteroatoms. The highest BCUT2D eigenvalue weighted by atomic mass is 32.2. The third-order valence-electron chi connectivity index (χ3n) is 4.69. The summed E-state index contributed by atoms with van der Waals surface area (Å²) in [5.74, 6) is 0.925. The van der Waals surface area contributed by atoms with E-state index in [1.165, 1.54) is 22.9 Å². The number of hydrogen-bond acceptors (Lipinski definition) is 5. The Kier molecular flexibility index (Phi) is 4.61. The fraction of sp³-hybridized carbons (Fsp3) is 0.250. The average molecular weight is 380 g/mol. The molecule has 3 heterocycles. The molecular weight excluding hydrogens is 360 g/mol. The largest absolute Gasteiger partial charge is 0.467 e. The zero-order valence-corrected chi connectivity index (χ0v) is 16.3. The topological polar surface area (TPSA) is 72.4 Å². The van der Waals surface area contributed by atoms with Gasteiger partial charge in [0, 0.05) is 0 Å². The van der Waals surface area contributed by atoms with Gasteiger partial charge in [0.25, 0.3) is 0 Å². The van der Waals surface area contributed by atoms with Crippen molar-refractivity contribution in [2.24, 2.45) is 0 Å². The summed E-state index contributed by atoms with van der Waals surface area (Å²) in [4.78, 5) is 12.2. The number of rotatable bonds is 5. The summed E-state index contributed by atoms with van der Waals surface area (Å²) in [5, 5.41) is 13.4. The number of amides is 1. The summed E-state index contributed by atoms with van der Waals surface area (Å²) in [7, 11) is 0. The van der Waals surface area contributed by atoms with Crippen LogP contribution in [0.3, 0.4) is 0 Å². The second kappa shape index (κ2) is 7.08. The predicted octanol–water partition coefficient (Wildman–Crippen LogP) is 3.81. The van der Waals surface area contributed by atoms with Gasteiger partial charge in [0.2, 0.25) is 5.91 Å². The molecule has 1 N–H and O–H groups in total. The Hall–Kier alpha value is -2.80. The van der Waals surface area contributed by atoms with Crippen LogP contribution in [-0.2, 0) is 11.3 Å². The van der Waals surface area contributed by atoms with Crippen molar-refractivity contribution in [3.05, 3.63) is 59.0 Å². The molecule has 0 saturated heterocycles. The molecule has 0 bridgehead atoms. The van der Waals surface area contributed by atoms with Crippen molar-refractivity contribution in [3.8, 4) is 0 Å². The lowest BCUT2D eigenvalue weighted by molar-refractivity contribution is -0.118. The summed E-state index contributed by atoms with van der Waals surface area (Å²) < 4.78 is 7.30. The number of benzene rings is 1. The van der Waals surface area contributed by atoms with E-state index < -0.39 is 0 Å². The molecule has 27 heavy (non-hydrogen) atoms. The van der Waals surface area contributed by atoms with Crippen molar-refractivity contribution in [1.82, 2.24) is 19.9 Å². The lowest BCUT2D eigenvalue weighted by atomic mass is 10.0. The van der Waals surface area contributed by atoms with E-state index in [9.17, 15) is 4.79 Å². The number of thioether (sulfide) groups is 1. The lowest BCUT2D eigenvalue weighted by Crippen LogP contribution is -2.24. The molecule has 3 aromatic heterocycles. The second-order valence-corrected chi connectivity index (χ2v) is 7.50. The minimum Gasteiger partial charge on any atom is -0.467 e. The molecule has 0 atom stereocenters. The number of carbonyl (C=O) groups is 1. The van der Waals surface area contributed by atoms with Crippen molar-refractivity contribution in [2.75, 3.05) is 5.75 Å². The summed E-state index contributed by atoms with van der Waals surface area (Å²) in [6.07, 6.45) is 1.59. The van der Waals surface area contributed by atoms with Gasteiger partial charge in [-0.15, -0.1) is 10.2 Å². The second-order valence-electron chi connectivity index (χ2n) is 6.56. The van der Waals surface area contributed by atoms with E-state index in [-0.39, 0.29) is 11.7 Å². The molecule has 138 valence electrons. The zero-order valence-electron chi connectivity index (χ0n) is 15.4. The zero-order chi connectivity index (χ0) is 19.0. The number of nitrogens with zero attached hydrogens (tertiary/aromatic N) is 3. The fourth-order valence-corrected chi connectivity index (χ4v) is 3.90. The first-order chi connectivity index (χ1) is 13.0. The van der Waals surface area contributed by atoms with Gasteiger partial charge in [-0.25, -0.2) is 0 Å². The minimum atomic E-state index is -0.0713. The van der Waals surface area contributed by atoms with Gasteiger partial charge in [-0.1, -0.05) is 23.9 Å². The number of pyridine rings is 1. The van der Waals surface area contributed by atoms with Crippen molar-refractivity contribution < 1.29 is 9.21 Å². The lowest BCUT2D eigenvalue weighted by Gasteiger charge is -2.11. The Morgan fingerprint density at radius 2 is 2.04 bits per heavy atom. The molecule has 6 nitrogen and oxygen atoms in total. The van der Waals surface area contributed by atoms with Gasteiger partial charge in [0.1, 0.15) is 5.76 Å². The fourth-order valence-electron chi connectivity index (χ4n) is 3.13. The van der Waals surface area contributed by atoms with Crippen LogP contribution in [-0.4, -0.2) is 26.3 Å². The smallest absolute Gasteiger partial charge is 0.230 e. The minimum absolute atomic E-state index is 0.0713. The van der Waals surface area contributed by atoms with Crippen LogP contribution in [0.2, 0.25) is 0 Å². The van der Waals surface area contributed by atoms with Crippen LogP contribution in [0.4, 0.5) is 0 Å². The third kappa shape index (κ3) is 3.30. The van der Waals surface area contributed by atoms with Crippen LogP contribution in [0.25, 0.3) is 16.6 Å². The predicted molar refractivity (Wildman–Crippen MR) is 106 cm³/mol. The molecule has 0 aliphatic carbocycles. The van der Waals surface area contributed by atoms with Gasteiger partial charge < -0.3 is 9.73 Å². The average Bonchev–Trinajstić information content (AvgIpc) is 3.31. The molecular formula is C20H20N4O2S. The molecule has 0 aliphatic heterocycles. The first-order valence-electron chi connectivity index (χ1n) is 8.71. The van der Waals surface area contributed by atoms with E-state index in [2.05, 4.69) is 52.0 Å². The Morgan fingerprint density at radius 1 is 1.19 bits per heavy atom. The first kappa shape index (κ1) is 17.6. The monoisotopic (exact) mass is 380 g/mol. The first-order valence-corrected chi connectivity index (χ1v) is 9.69. The number of carbonyl (C=O) groups excluding carboxylic acids is 1. The Bertz CT molecular complexity index is 1130.